The number of hydrogen-bond acceptors (Lipinski definition) is 3. The summed E-state index contributed by atoms with van der Waals surface area (Å²) in [5, 5.41) is 9.60. The molecule has 1 aromatic rings. The minimum atomic E-state index is -3.23. The van der Waals surface area contributed by atoms with Gasteiger partial charge in [-0.2, -0.15) is 0 Å². The maximum atomic E-state index is 12.1. The number of benzene rings is 1. The largest absolute Gasteiger partial charge is 0.393 e. The van der Waals surface area contributed by atoms with Gasteiger partial charge in [0.2, 0.25) is 0 Å². The number of aliphatic hydroxyl groups is 1. The average molecular weight is 256 g/mol. The molecule has 0 saturated heterocycles. The van der Waals surface area contributed by atoms with E-state index in [1.54, 1.807) is 31.2 Å². The van der Waals surface area contributed by atoms with Gasteiger partial charge < -0.3 is 5.11 Å². The molecular weight excluding hydrogens is 236 g/mol. The topological polar surface area (TPSA) is 54.4 Å². The molecule has 2 atom stereocenters. The van der Waals surface area contributed by atoms with Crippen molar-refractivity contribution in [3.05, 3.63) is 29.8 Å². The lowest BCUT2D eigenvalue weighted by atomic mass is 9.96. The molecule has 0 spiro atoms. The third-order valence-corrected chi connectivity index (χ3v) is 4.93. The quantitative estimate of drug-likeness (QED) is 0.880. The van der Waals surface area contributed by atoms with Gasteiger partial charge in [0.05, 0.1) is 16.8 Å². The lowest BCUT2D eigenvalue weighted by Crippen LogP contribution is -2.16. The van der Waals surface area contributed by atoms with Gasteiger partial charge >= 0.3 is 0 Å². The van der Waals surface area contributed by atoms with E-state index in [4.69, 9.17) is 0 Å². The SMILES string of the molecule is CCCS(=O)(=O)c1ccccc1C(C)C(C)O. The van der Waals surface area contributed by atoms with E-state index in [0.29, 0.717) is 16.9 Å². The van der Waals surface area contributed by atoms with Crippen molar-refractivity contribution in [3.8, 4) is 0 Å². The first-order valence-corrected chi connectivity index (χ1v) is 7.55. The third kappa shape index (κ3) is 3.30. The van der Waals surface area contributed by atoms with Crippen molar-refractivity contribution >= 4 is 9.84 Å². The molecule has 0 aliphatic heterocycles. The fourth-order valence-electron chi connectivity index (χ4n) is 1.78. The van der Waals surface area contributed by atoms with Gasteiger partial charge in [0, 0.05) is 5.92 Å². The van der Waals surface area contributed by atoms with E-state index in [-0.39, 0.29) is 11.7 Å². The van der Waals surface area contributed by atoms with Crippen LogP contribution in [0.2, 0.25) is 0 Å². The molecule has 1 rings (SSSR count). The molecule has 0 heterocycles. The summed E-state index contributed by atoms with van der Waals surface area (Å²) in [4.78, 5) is 0.357. The highest BCUT2D eigenvalue weighted by molar-refractivity contribution is 7.91. The normalized spacial score (nSPS) is 15.5. The smallest absolute Gasteiger partial charge is 0.178 e. The Morgan fingerprint density at radius 3 is 2.35 bits per heavy atom. The Balaban J connectivity index is 3.26. The van der Waals surface area contributed by atoms with Gasteiger partial charge in [-0.15, -0.1) is 0 Å². The van der Waals surface area contributed by atoms with Crippen molar-refractivity contribution in [2.24, 2.45) is 0 Å². The fraction of sp³-hybridized carbons (Fsp3) is 0.538. The zero-order chi connectivity index (χ0) is 13.1. The van der Waals surface area contributed by atoms with Gasteiger partial charge in [0.1, 0.15) is 0 Å². The Morgan fingerprint density at radius 2 is 1.82 bits per heavy atom. The Labute approximate surface area is 103 Å². The van der Waals surface area contributed by atoms with Gasteiger partial charge in [0.15, 0.2) is 9.84 Å². The minimum Gasteiger partial charge on any atom is -0.393 e. The number of rotatable bonds is 5. The van der Waals surface area contributed by atoms with Crippen LogP contribution >= 0.6 is 0 Å². The summed E-state index contributed by atoms with van der Waals surface area (Å²) in [6.45, 7) is 5.36. The predicted octanol–water partition coefficient (Wildman–Crippen LogP) is 2.35. The van der Waals surface area contributed by atoms with E-state index < -0.39 is 15.9 Å². The Kier molecular flexibility index (Phi) is 4.71. The van der Waals surface area contributed by atoms with Crippen molar-refractivity contribution in [2.45, 2.75) is 44.1 Å². The number of hydrogen-bond donors (Lipinski definition) is 1. The van der Waals surface area contributed by atoms with Gasteiger partial charge in [-0.05, 0) is 25.0 Å². The van der Waals surface area contributed by atoms with Crippen LogP contribution in [0.4, 0.5) is 0 Å². The number of sulfone groups is 1. The maximum absolute atomic E-state index is 12.1. The molecule has 0 saturated carbocycles. The summed E-state index contributed by atoms with van der Waals surface area (Å²) in [6, 6.07) is 6.93. The molecular formula is C13H20O3S. The molecule has 3 nitrogen and oxygen atoms in total. The fourth-order valence-corrected chi connectivity index (χ4v) is 3.43. The first-order chi connectivity index (χ1) is 7.90. The second-order valence-corrected chi connectivity index (χ2v) is 6.46. The zero-order valence-corrected chi connectivity index (χ0v) is 11.4. The molecule has 0 aliphatic rings. The van der Waals surface area contributed by atoms with Crippen LogP contribution in [-0.2, 0) is 9.84 Å². The molecule has 17 heavy (non-hydrogen) atoms. The first-order valence-electron chi connectivity index (χ1n) is 5.90. The van der Waals surface area contributed by atoms with E-state index in [2.05, 4.69) is 0 Å². The van der Waals surface area contributed by atoms with Crippen LogP contribution in [0.25, 0.3) is 0 Å². The molecule has 2 unspecified atom stereocenters. The Bertz CT molecular complexity index is 463. The molecule has 0 radical (unpaired) electrons. The molecule has 1 N–H and O–H groups in total. The van der Waals surface area contributed by atoms with E-state index >= 15 is 0 Å². The van der Waals surface area contributed by atoms with Crippen LogP contribution in [0.3, 0.4) is 0 Å². The van der Waals surface area contributed by atoms with E-state index in [1.165, 1.54) is 0 Å². The van der Waals surface area contributed by atoms with Crippen molar-refractivity contribution in [3.63, 3.8) is 0 Å². The molecule has 0 fully saturated rings. The first kappa shape index (κ1) is 14.2. The molecule has 0 amide bonds. The maximum Gasteiger partial charge on any atom is 0.178 e. The summed E-state index contributed by atoms with van der Waals surface area (Å²) in [7, 11) is -3.23. The van der Waals surface area contributed by atoms with Crippen LogP contribution in [0.1, 0.15) is 38.7 Å². The van der Waals surface area contributed by atoms with E-state index in [0.717, 1.165) is 0 Å². The second kappa shape index (κ2) is 5.65. The van der Waals surface area contributed by atoms with Gasteiger partial charge in [0.25, 0.3) is 0 Å². The molecule has 0 bridgehead atoms. The predicted molar refractivity (Wildman–Crippen MR) is 68.9 cm³/mol. The highest BCUT2D eigenvalue weighted by Crippen LogP contribution is 2.27. The van der Waals surface area contributed by atoms with Gasteiger partial charge in [-0.3, -0.25) is 0 Å². The zero-order valence-electron chi connectivity index (χ0n) is 10.6. The monoisotopic (exact) mass is 256 g/mol. The molecule has 0 aliphatic carbocycles. The molecule has 4 heteroatoms. The van der Waals surface area contributed by atoms with Crippen LogP contribution < -0.4 is 0 Å². The number of aliphatic hydroxyl groups excluding tert-OH is 1. The lowest BCUT2D eigenvalue weighted by Gasteiger charge is -2.18. The standard InChI is InChI=1S/C13H20O3S/c1-4-9-17(15,16)13-8-6-5-7-12(13)10(2)11(3)14/h5-8,10-11,14H,4,9H2,1-3H3. The summed E-state index contributed by atoms with van der Waals surface area (Å²) in [5.74, 6) is -0.0332. The van der Waals surface area contributed by atoms with Crippen LogP contribution in [0.15, 0.2) is 29.2 Å². The Hall–Kier alpha value is -0.870. The van der Waals surface area contributed by atoms with Crippen LogP contribution in [0.5, 0.6) is 0 Å². The van der Waals surface area contributed by atoms with Crippen LogP contribution in [0, 0.1) is 0 Å². The molecule has 0 aromatic heterocycles. The highest BCUT2D eigenvalue weighted by atomic mass is 32.2. The molecule has 96 valence electrons. The summed E-state index contributed by atoms with van der Waals surface area (Å²) < 4.78 is 24.2. The Morgan fingerprint density at radius 1 is 1.24 bits per heavy atom. The summed E-state index contributed by atoms with van der Waals surface area (Å²) in [5.41, 5.74) is 0.705. The van der Waals surface area contributed by atoms with Crippen molar-refractivity contribution in [1.29, 1.82) is 0 Å². The van der Waals surface area contributed by atoms with Crippen LogP contribution in [-0.4, -0.2) is 25.4 Å². The highest BCUT2D eigenvalue weighted by Gasteiger charge is 2.22. The molecule has 1 aromatic carbocycles. The summed E-state index contributed by atoms with van der Waals surface area (Å²) in [6.07, 6.45) is 0.0349. The summed E-state index contributed by atoms with van der Waals surface area (Å²) >= 11 is 0. The minimum absolute atomic E-state index is 0.149. The average Bonchev–Trinajstić information content (AvgIpc) is 2.28. The van der Waals surface area contributed by atoms with Gasteiger partial charge in [-0.1, -0.05) is 32.0 Å². The van der Waals surface area contributed by atoms with E-state index in [9.17, 15) is 13.5 Å². The van der Waals surface area contributed by atoms with E-state index in [1.807, 2.05) is 13.8 Å². The second-order valence-electron chi connectivity index (χ2n) is 4.39. The third-order valence-electron chi connectivity index (χ3n) is 2.94. The van der Waals surface area contributed by atoms with Crippen molar-refractivity contribution in [2.75, 3.05) is 5.75 Å². The van der Waals surface area contributed by atoms with Crippen molar-refractivity contribution in [1.82, 2.24) is 0 Å². The van der Waals surface area contributed by atoms with Crippen molar-refractivity contribution < 1.29 is 13.5 Å². The van der Waals surface area contributed by atoms with Gasteiger partial charge in [-0.25, -0.2) is 8.42 Å². The lowest BCUT2D eigenvalue weighted by molar-refractivity contribution is 0.168.